The van der Waals surface area contributed by atoms with E-state index in [4.69, 9.17) is 0 Å². The van der Waals surface area contributed by atoms with Crippen molar-refractivity contribution in [2.24, 2.45) is 0 Å². The van der Waals surface area contributed by atoms with Gasteiger partial charge in [0, 0.05) is 13.0 Å². The van der Waals surface area contributed by atoms with Gasteiger partial charge < -0.3 is 15.0 Å². The van der Waals surface area contributed by atoms with Crippen LogP contribution in [-0.4, -0.2) is 43.4 Å². The third-order valence-corrected chi connectivity index (χ3v) is 5.67. The van der Waals surface area contributed by atoms with Crippen molar-refractivity contribution in [3.8, 4) is 0 Å². The third-order valence-electron chi connectivity index (χ3n) is 5.67. The molecule has 2 aromatic heterocycles. The van der Waals surface area contributed by atoms with E-state index in [0.29, 0.717) is 19.5 Å². The molecular weight excluding hydrogens is 368 g/mol. The molecular formula is C21H31N6O2+. The van der Waals surface area contributed by atoms with Crippen LogP contribution in [0.25, 0.3) is 10.9 Å². The van der Waals surface area contributed by atoms with Gasteiger partial charge in [-0.1, -0.05) is 25.1 Å². The topological polar surface area (TPSA) is 101 Å². The van der Waals surface area contributed by atoms with Crippen molar-refractivity contribution >= 4 is 10.9 Å². The van der Waals surface area contributed by atoms with Gasteiger partial charge in [-0.3, -0.25) is 4.79 Å². The normalized spacial score (nSPS) is 13.1. The Balaban J connectivity index is 1.89. The second kappa shape index (κ2) is 8.84. The Bertz CT molecular complexity index is 1020. The molecule has 3 aromatic rings. The molecule has 0 aliphatic rings. The van der Waals surface area contributed by atoms with E-state index >= 15 is 0 Å². The molecule has 8 nitrogen and oxygen atoms in total. The van der Waals surface area contributed by atoms with Crippen LogP contribution in [0.1, 0.15) is 50.6 Å². The summed E-state index contributed by atoms with van der Waals surface area (Å²) in [6, 6.07) is 7.97. The Hall–Kier alpha value is -2.58. The molecule has 29 heavy (non-hydrogen) atoms. The predicted molar refractivity (Wildman–Crippen MR) is 112 cm³/mol. The maximum atomic E-state index is 12.7. The van der Waals surface area contributed by atoms with Crippen LogP contribution in [-0.2, 0) is 18.6 Å². The number of hydrogen-bond donors (Lipinski definition) is 3. The molecule has 0 radical (unpaired) electrons. The average Bonchev–Trinajstić information content (AvgIpc) is 3.16. The number of nitrogens with one attached hydrogen (secondary N) is 2. The fourth-order valence-electron chi connectivity index (χ4n) is 3.56. The maximum Gasteiger partial charge on any atom is 0.257 e. The quantitative estimate of drug-likeness (QED) is 0.497. The van der Waals surface area contributed by atoms with Crippen molar-refractivity contribution in [1.82, 2.24) is 25.2 Å². The Kier molecular flexibility index (Phi) is 6.44. The maximum absolute atomic E-state index is 12.7. The van der Waals surface area contributed by atoms with Gasteiger partial charge in [-0.15, -0.1) is 5.10 Å². The van der Waals surface area contributed by atoms with Gasteiger partial charge in [-0.05, 0) is 54.6 Å². The highest BCUT2D eigenvalue weighted by Gasteiger charge is 2.26. The SMILES string of the molecule is CCC(C)(C)n1nnnc1C[NH+](CCCO)Cc1cc2cccc(C)c2[nH]c1=O. The van der Waals surface area contributed by atoms with Gasteiger partial charge in [0.2, 0.25) is 5.82 Å². The van der Waals surface area contributed by atoms with Crippen LogP contribution >= 0.6 is 0 Å². The number of pyridine rings is 1. The Labute approximate surface area is 170 Å². The van der Waals surface area contributed by atoms with Crippen LogP contribution in [0.2, 0.25) is 0 Å². The molecule has 3 N–H and O–H groups in total. The van der Waals surface area contributed by atoms with E-state index in [-0.39, 0.29) is 17.7 Å². The number of rotatable bonds is 9. The number of aromatic amines is 1. The summed E-state index contributed by atoms with van der Waals surface area (Å²) in [5, 5.41) is 22.7. The van der Waals surface area contributed by atoms with E-state index < -0.39 is 0 Å². The summed E-state index contributed by atoms with van der Waals surface area (Å²) in [5.74, 6) is 0.790. The van der Waals surface area contributed by atoms with E-state index in [1.807, 2.05) is 35.9 Å². The number of quaternary nitrogens is 1. The standard InChI is InChI=1S/C21H30N6O2/c1-5-21(3,4)27-18(23-24-25-27)14-26(10-7-11-28)13-17-12-16-9-6-8-15(2)19(16)22-20(17)29/h6,8-9,12,28H,5,7,10-11,13-14H2,1-4H3,(H,22,29)/p+1. The fourth-order valence-corrected chi connectivity index (χ4v) is 3.56. The number of aliphatic hydroxyl groups excluding tert-OH is 1. The highest BCUT2D eigenvalue weighted by Crippen LogP contribution is 2.18. The zero-order valence-corrected chi connectivity index (χ0v) is 17.7. The molecule has 0 amide bonds. The first-order valence-corrected chi connectivity index (χ1v) is 10.2. The highest BCUT2D eigenvalue weighted by atomic mass is 16.3. The molecule has 3 rings (SSSR count). The van der Waals surface area contributed by atoms with Crippen LogP contribution in [0.15, 0.2) is 29.1 Å². The van der Waals surface area contributed by atoms with Crippen molar-refractivity contribution < 1.29 is 10.0 Å². The van der Waals surface area contributed by atoms with Gasteiger partial charge in [0.25, 0.3) is 5.56 Å². The zero-order valence-electron chi connectivity index (χ0n) is 17.7. The Morgan fingerprint density at radius 3 is 2.79 bits per heavy atom. The molecule has 2 heterocycles. The number of aromatic nitrogens is 5. The lowest BCUT2D eigenvalue weighted by Crippen LogP contribution is -3.09. The molecule has 0 saturated heterocycles. The molecule has 1 unspecified atom stereocenters. The number of aliphatic hydroxyl groups is 1. The van der Waals surface area contributed by atoms with Gasteiger partial charge in [0.1, 0.15) is 13.1 Å². The van der Waals surface area contributed by atoms with Crippen molar-refractivity contribution in [2.75, 3.05) is 13.2 Å². The molecule has 8 heteroatoms. The molecule has 1 aromatic carbocycles. The minimum absolute atomic E-state index is 0.0678. The number of aryl methyl sites for hydroxylation is 1. The first-order valence-electron chi connectivity index (χ1n) is 10.2. The molecule has 0 aliphatic carbocycles. The van der Waals surface area contributed by atoms with Crippen LogP contribution in [0, 0.1) is 6.92 Å². The van der Waals surface area contributed by atoms with Crippen LogP contribution < -0.4 is 10.5 Å². The van der Waals surface area contributed by atoms with E-state index in [2.05, 4.69) is 41.3 Å². The minimum Gasteiger partial charge on any atom is -0.396 e. The lowest BCUT2D eigenvalue weighted by molar-refractivity contribution is -0.928. The summed E-state index contributed by atoms with van der Waals surface area (Å²) in [7, 11) is 0. The van der Waals surface area contributed by atoms with Crippen molar-refractivity contribution in [3.05, 3.63) is 51.6 Å². The van der Waals surface area contributed by atoms with Gasteiger partial charge in [0.15, 0.2) is 0 Å². The smallest absolute Gasteiger partial charge is 0.257 e. The van der Waals surface area contributed by atoms with Crippen LogP contribution in [0.4, 0.5) is 0 Å². The zero-order chi connectivity index (χ0) is 21.0. The molecule has 0 bridgehead atoms. The summed E-state index contributed by atoms with van der Waals surface area (Å²) in [6.07, 6.45) is 1.55. The Morgan fingerprint density at radius 2 is 2.07 bits per heavy atom. The lowest BCUT2D eigenvalue weighted by atomic mass is 10.0. The summed E-state index contributed by atoms with van der Waals surface area (Å²) in [5.41, 5.74) is 2.41. The molecule has 156 valence electrons. The number of para-hydroxylation sites is 1. The summed E-state index contributed by atoms with van der Waals surface area (Å²) >= 11 is 0. The van der Waals surface area contributed by atoms with E-state index in [9.17, 15) is 9.90 Å². The van der Waals surface area contributed by atoms with Crippen molar-refractivity contribution in [3.63, 3.8) is 0 Å². The highest BCUT2D eigenvalue weighted by molar-refractivity contribution is 5.81. The van der Waals surface area contributed by atoms with Crippen LogP contribution in [0.5, 0.6) is 0 Å². The van der Waals surface area contributed by atoms with E-state index in [0.717, 1.165) is 45.7 Å². The van der Waals surface area contributed by atoms with Gasteiger partial charge in [-0.2, -0.15) is 0 Å². The number of H-pyrrole nitrogens is 1. The monoisotopic (exact) mass is 399 g/mol. The van der Waals surface area contributed by atoms with Crippen molar-refractivity contribution in [1.29, 1.82) is 0 Å². The molecule has 0 aliphatic heterocycles. The van der Waals surface area contributed by atoms with Gasteiger partial charge >= 0.3 is 0 Å². The average molecular weight is 400 g/mol. The van der Waals surface area contributed by atoms with Gasteiger partial charge in [-0.25, -0.2) is 4.68 Å². The number of nitrogens with zero attached hydrogens (tertiary/aromatic N) is 4. The number of hydrogen-bond acceptors (Lipinski definition) is 5. The largest absolute Gasteiger partial charge is 0.396 e. The van der Waals surface area contributed by atoms with Crippen LogP contribution in [0.3, 0.4) is 0 Å². The second-order valence-corrected chi connectivity index (χ2v) is 8.27. The Morgan fingerprint density at radius 1 is 1.28 bits per heavy atom. The molecule has 0 saturated carbocycles. The summed E-state index contributed by atoms with van der Waals surface area (Å²) in [6.45, 7) is 10.3. The molecule has 1 atom stereocenters. The summed E-state index contributed by atoms with van der Waals surface area (Å²) in [4.78, 5) is 16.9. The second-order valence-electron chi connectivity index (χ2n) is 8.27. The number of fused-ring (bicyclic) bond motifs is 1. The fraction of sp³-hybridized carbons (Fsp3) is 0.524. The molecule has 0 fully saturated rings. The molecule has 0 spiro atoms. The van der Waals surface area contributed by atoms with Crippen molar-refractivity contribution in [2.45, 2.75) is 59.2 Å². The van der Waals surface area contributed by atoms with E-state index in [1.165, 1.54) is 0 Å². The third kappa shape index (κ3) is 4.71. The number of benzene rings is 1. The predicted octanol–water partition coefficient (Wildman–Crippen LogP) is 0.936. The first-order chi connectivity index (χ1) is 13.9. The number of tetrazole rings is 1. The van der Waals surface area contributed by atoms with E-state index in [1.54, 1.807) is 0 Å². The lowest BCUT2D eigenvalue weighted by Gasteiger charge is -2.25. The van der Waals surface area contributed by atoms with Gasteiger partial charge in [0.05, 0.1) is 23.2 Å². The first kappa shape index (κ1) is 21.1. The minimum atomic E-state index is -0.182. The summed E-state index contributed by atoms with van der Waals surface area (Å²) < 4.78 is 1.87.